The van der Waals surface area contributed by atoms with Crippen LogP contribution in [0.3, 0.4) is 0 Å². The molecular formula is C15H23BO2. The summed E-state index contributed by atoms with van der Waals surface area (Å²) in [4.78, 5) is 0. The van der Waals surface area contributed by atoms with E-state index < -0.39 is 0 Å². The Kier molecular flexibility index (Phi) is 3.57. The van der Waals surface area contributed by atoms with E-state index in [0.29, 0.717) is 5.82 Å². The molecule has 1 aromatic rings. The van der Waals surface area contributed by atoms with Crippen LogP contribution in [-0.2, 0) is 15.7 Å². The van der Waals surface area contributed by atoms with Gasteiger partial charge < -0.3 is 9.31 Å². The van der Waals surface area contributed by atoms with Crippen LogP contribution in [-0.4, -0.2) is 18.3 Å². The van der Waals surface area contributed by atoms with Crippen molar-refractivity contribution < 1.29 is 9.31 Å². The molecule has 1 fully saturated rings. The summed E-state index contributed by atoms with van der Waals surface area (Å²) in [5.41, 5.74) is 0.866. The molecule has 1 heterocycles. The van der Waals surface area contributed by atoms with E-state index >= 15 is 0 Å². The standard InChI is InChI=1S/C15H23BO2/c1-12(11-13-9-7-6-8-10-13)16-17-14(2,3)15(4,5)18-16/h6-10,12H,11H2,1-5H3. The van der Waals surface area contributed by atoms with Gasteiger partial charge in [0, 0.05) is 0 Å². The first-order valence-corrected chi connectivity index (χ1v) is 6.71. The summed E-state index contributed by atoms with van der Waals surface area (Å²) < 4.78 is 12.2. The molecule has 1 aliphatic heterocycles. The zero-order valence-corrected chi connectivity index (χ0v) is 12.1. The van der Waals surface area contributed by atoms with E-state index in [1.54, 1.807) is 0 Å². The van der Waals surface area contributed by atoms with E-state index in [0.717, 1.165) is 6.42 Å². The summed E-state index contributed by atoms with van der Waals surface area (Å²) in [6, 6.07) is 10.5. The van der Waals surface area contributed by atoms with Gasteiger partial charge in [-0.3, -0.25) is 0 Å². The highest BCUT2D eigenvalue weighted by molar-refractivity contribution is 6.47. The summed E-state index contributed by atoms with van der Waals surface area (Å²) in [5, 5.41) is 0. The number of rotatable bonds is 3. The van der Waals surface area contributed by atoms with E-state index in [1.165, 1.54) is 5.56 Å². The second-order valence-corrected chi connectivity index (χ2v) is 6.29. The van der Waals surface area contributed by atoms with Crippen LogP contribution < -0.4 is 0 Å². The largest absolute Gasteiger partial charge is 0.461 e. The Bertz CT molecular complexity index is 384. The molecule has 0 saturated carbocycles. The van der Waals surface area contributed by atoms with Crippen molar-refractivity contribution in [3.63, 3.8) is 0 Å². The molecule has 2 rings (SSSR count). The molecule has 0 N–H and O–H groups in total. The van der Waals surface area contributed by atoms with Crippen molar-refractivity contribution in [2.75, 3.05) is 0 Å². The SMILES string of the molecule is CC(Cc1ccccc1)B1OC(C)(C)C(C)(C)O1. The van der Waals surface area contributed by atoms with Crippen molar-refractivity contribution in [1.29, 1.82) is 0 Å². The van der Waals surface area contributed by atoms with E-state index in [4.69, 9.17) is 9.31 Å². The molecule has 1 aromatic carbocycles. The molecule has 0 aromatic heterocycles. The van der Waals surface area contributed by atoms with Gasteiger partial charge in [0.25, 0.3) is 0 Å². The van der Waals surface area contributed by atoms with Gasteiger partial charge in [0.1, 0.15) is 0 Å². The van der Waals surface area contributed by atoms with E-state index in [2.05, 4.69) is 58.9 Å². The van der Waals surface area contributed by atoms with Crippen LogP contribution in [0.1, 0.15) is 40.2 Å². The topological polar surface area (TPSA) is 18.5 Å². The maximum absolute atomic E-state index is 6.08. The summed E-state index contributed by atoms with van der Waals surface area (Å²) in [6.07, 6.45) is 0.984. The minimum atomic E-state index is -0.234. The summed E-state index contributed by atoms with van der Waals surface area (Å²) in [6.45, 7) is 10.6. The maximum Gasteiger partial charge on any atom is 0.461 e. The Morgan fingerprint density at radius 2 is 1.50 bits per heavy atom. The van der Waals surface area contributed by atoms with Crippen LogP contribution in [0.2, 0.25) is 5.82 Å². The van der Waals surface area contributed by atoms with Crippen LogP contribution in [0.5, 0.6) is 0 Å². The number of hydrogen-bond acceptors (Lipinski definition) is 2. The normalized spacial score (nSPS) is 23.1. The molecule has 0 spiro atoms. The van der Waals surface area contributed by atoms with Crippen molar-refractivity contribution in [2.45, 2.75) is 58.1 Å². The van der Waals surface area contributed by atoms with Crippen LogP contribution in [0, 0.1) is 0 Å². The van der Waals surface area contributed by atoms with E-state index in [9.17, 15) is 0 Å². The zero-order valence-electron chi connectivity index (χ0n) is 12.1. The quantitative estimate of drug-likeness (QED) is 0.757. The lowest BCUT2D eigenvalue weighted by Crippen LogP contribution is -2.41. The van der Waals surface area contributed by atoms with Crippen LogP contribution >= 0.6 is 0 Å². The lowest BCUT2D eigenvalue weighted by molar-refractivity contribution is 0.00578. The highest BCUT2D eigenvalue weighted by Crippen LogP contribution is 2.40. The van der Waals surface area contributed by atoms with Gasteiger partial charge in [0.15, 0.2) is 0 Å². The lowest BCUT2D eigenvalue weighted by Gasteiger charge is -2.32. The maximum atomic E-state index is 6.08. The van der Waals surface area contributed by atoms with Crippen LogP contribution in [0.4, 0.5) is 0 Å². The molecule has 3 heteroatoms. The smallest absolute Gasteiger partial charge is 0.403 e. The van der Waals surface area contributed by atoms with Gasteiger partial charge in [0.05, 0.1) is 11.2 Å². The van der Waals surface area contributed by atoms with Gasteiger partial charge in [0.2, 0.25) is 0 Å². The fourth-order valence-electron chi connectivity index (χ4n) is 2.20. The minimum absolute atomic E-state index is 0.116. The molecule has 0 amide bonds. The van der Waals surface area contributed by atoms with Crippen molar-refractivity contribution in [3.05, 3.63) is 35.9 Å². The first-order valence-electron chi connectivity index (χ1n) is 6.71. The zero-order chi connectivity index (χ0) is 13.4. The molecular weight excluding hydrogens is 223 g/mol. The molecule has 0 aliphatic carbocycles. The second-order valence-electron chi connectivity index (χ2n) is 6.29. The van der Waals surface area contributed by atoms with Gasteiger partial charge in [-0.15, -0.1) is 0 Å². The third kappa shape index (κ3) is 2.62. The Morgan fingerprint density at radius 1 is 1.00 bits per heavy atom. The van der Waals surface area contributed by atoms with Gasteiger partial charge in [-0.2, -0.15) is 0 Å². The molecule has 1 unspecified atom stereocenters. The summed E-state index contributed by atoms with van der Waals surface area (Å²) in [5.74, 6) is 0.355. The Balaban J connectivity index is 2.02. The molecule has 1 aliphatic rings. The number of benzene rings is 1. The predicted molar refractivity (Wildman–Crippen MR) is 75.7 cm³/mol. The van der Waals surface area contributed by atoms with Gasteiger partial charge in [-0.1, -0.05) is 37.3 Å². The molecule has 1 atom stereocenters. The Morgan fingerprint density at radius 3 is 2.00 bits per heavy atom. The van der Waals surface area contributed by atoms with Crippen LogP contribution in [0.15, 0.2) is 30.3 Å². The fraction of sp³-hybridized carbons (Fsp3) is 0.600. The van der Waals surface area contributed by atoms with Crippen molar-refractivity contribution in [3.8, 4) is 0 Å². The lowest BCUT2D eigenvalue weighted by atomic mass is 9.70. The molecule has 0 bridgehead atoms. The van der Waals surface area contributed by atoms with Gasteiger partial charge >= 0.3 is 7.12 Å². The Hall–Kier alpha value is -0.795. The number of hydrogen-bond donors (Lipinski definition) is 0. The first-order chi connectivity index (χ1) is 8.32. The van der Waals surface area contributed by atoms with Crippen LogP contribution in [0.25, 0.3) is 0 Å². The Labute approximate surface area is 111 Å². The van der Waals surface area contributed by atoms with Gasteiger partial charge in [-0.05, 0) is 45.5 Å². The average molecular weight is 246 g/mol. The van der Waals surface area contributed by atoms with Crippen molar-refractivity contribution in [1.82, 2.24) is 0 Å². The minimum Gasteiger partial charge on any atom is -0.403 e. The van der Waals surface area contributed by atoms with E-state index in [-0.39, 0.29) is 18.3 Å². The third-order valence-corrected chi connectivity index (χ3v) is 4.14. The van der Waals surface area contributed by atoms with Crippen molar-refractivity contribution in [2.24, 2.45) is 0 Å². The van der Waals surface area contributed by atoms with Gasteiger partial charge in [-0.25, -0.2) is 0 Å². The first kappa shape index (κ1) is 13.6. The highest BCUT2D eigenvalue weighted by Gasteiger charge is 2.52. The molecule has 2 nitrogen and oxygen atoms in total. The molecule has 1 saturated heterocycles. The fourth-order valence-corrected chi connectivity index (χ4v) is 2.20. The molecule has 0 radical (unpaired) electrons. The highest BCUT2D eigenvalue weighted by atomic mass is 16.7. The molecule has 98 valence electrons. The summed E-state index contributed by atoms with van der Waals surface area (Å²) >= 11 is 0. The van der Waals surface area contributed by atoms with E-state index in [1.807, 2.05) is 6.07 Å². The predicted octanol–water partition coefficient (Wildman–Crippen LogP) is 3.71. The monoisotopic (exact) mass is 246 g/mol. The summed E-state index contributed by atoms with van der Waals surface area (Å²) in [7, 11) is -0.116. The molecule has 18 heavy (non-hydrogen) atoms. The van der Waals surface area contributed by atoms with Crippen molar-refractivity contribution >= 4 is 7.12 Å². The third-order valence-electron chi connectivity index (χ3n) is 4.14. The average Bonchev–Trinajstić information content (AvgIpc) is 2.50. The second kappa shape index (κ2) is 4.71.